The standard InChI is InChI=1S/C14H17NO.C2H6/c1-2-4-13-11(3-1)9-14(16-13)10-15-7-5-12(14)6-8-15;1-2/h1-4,12H,5-10H2;1-2H3/t14-;/m0./s1. The van der Waals surface area contributed by atoms with Gasteiger partial charge in [0.25, 0.3) is 0 Å². The van der Waals surface area contributed by atoms with E-state index in [1.807, 2.05) is 13.8 Å². The summed E-state index contributed by atoms with van der Waals surface area (Å²) in [5.41, 5.74) is 1.54. The first-order chi connectivity index (χ1) is 8.86. The lowest BCUT2D eigenvalue weighted by Gasteiger charge is -2.50. The lowest BCUT2D eigenvalue weighted by molar-refractivity contribution is -0.0798. The number of benzene rings is 1. The maximum Gasteiger partial charge on any atom is 0.129 e. The molecule has 0 aliphatic carbocycles. The first-order valence-electron chi connectivity index (χ1n) is 7.35. The smallest absolute Gasteiger partial charge is 0.129 e. The Bertz CT molecular complexity index is 396. The topological polar surface area (TPSA) is 12.5 Å². The largest absolute Gasteiger partial charge is 0.485 e. The third kappa shape index (κ3) is 1.74. The first kappa shape index (κ1) is 12.0. The van der Waals surface area contributed by atoms with Crippen molar-refractivity contribution in [1.29, 1.82) is 0 Å². The van der Waals surface area contributed by atoms with Gasteiger partial charge < -0.3 is 4.74 Å². The molecular weight excluding hydrogens is 222 g/mol. The maximum atomic E-state index is 6.33. The number of piperidine rings is 3. The zero-order valence-electron chi connectivity index (χ0n) is 11.5. The molecule has 3 fully saturated rings. The van der Waals surface area contributed by atoms with Crippen LogP contribution in [-0.2, 0) is 6.42 Å². The van der Waals surface area contributed by atoms with Crippen molar-refractivity contribution in [1.82, 2.24) is 4.90 Å². The number of rotatable bonds is 0. The fraction of sp³-hybridized carbons (Fsp3) is 0.625. The first-order valence-corrected chi connectivity index (χ1v) is 7.35. The van der Waals surface area contributed by atoms with Gasteiger partial charge in [0, 0.05) is 18.9 Å². The highest BCUT2D eigenvalue weighted by Gasteiger charge is 2.51. The van der Waals surface area contributed by atoms with Crippen LogP contribution in [0.4, 0.5) is 0 Å². The van der Waals surface area contributed by atoms with Gasteiger partial charge in [-0.25, -0.2) is 0 Å². The minimum absolute atomic E-state index is 0.125. The van der Waals surface area contributed by atoms with Crippen LogP contribution in [0.1, 0.15) is 32.3 Å². The summed E-state index contributed by atoms with van der Waals surface area (Å²) in [6.07, 6.45) is 3.78. The summed E-state index contributed by atoms with van der Waals surface area (Å²) in [6.45, 7) is 7.71. The van der Waals surface area contributed by atoms with Crippen molar-refractivity contribution in [3.63, 3.8) is 0 Å². The van der Waals surface area contributed by atoms with E-state index in [0.717, 1.165) is 24.6 Å². The average molecular weight is 245 g/mol. The van der Waals surface area contributed by atoms with Crippen LogP contribution in [0.25, 0.3) is 0 Å². The van der Waals surface area contributed by atoms with Crippen LogP contribution < -0.4 is 4.74 Å². The van der Waals surface area contributed by atoms with Gasteiger partial charge in [0.05, 0.1) is 0 Å². The van der Waals surface area contributed by atoms with Crippen LogP contribution in [0.2, 0.25) is 0 Å². The van der Waals surface area contributed by atoms with Crippen LogP contribution in [0.5, 0.6) is 5.75 Å². The minimum Gasteiger partial charge on any atom is -0.485 e. The molecule has 4 aliphatic rings. The van der Waals surface area contributed by atoms with Gasteiger partial charge in [-0.2, -0.15) is 0 Å². The van der Waals surface area contributed by atoms with E-state index in [-0.39, 0.29) is 5.60 Å². The van der Waals surface area contributed by atoms with Gasteiger partial charge >= 0.3 is 0 Å². The molecule has 0 radical (unpaired) electrons. The fourth-order valence-electron chi connectivity index (χ4n) is 3.77. The molecule has 0 unspecified atom stereocenters. The second-order valence-corrected chi connectivity index (χ2v) is 5.50. The highest BCUT2D eigenvalue weighted by molar-refractivity contribution is 5.40. The Morgan fingerprint density at radius 3 is 2.50 bits per heavy atom. The predicted molar refractivity (Wildman–Crippen MR) is 74.0 cm³/mol. The van der Waals surface area contributed by atoms with Crippen molar-refractivity contribution in [2.75, 3.05) is 19.6 Å². The van der Waals surface area contributed by atoms with Crippen molar-refractivity contribution >= 4 is 0 Å². The second kappa shape index (κ2) is 4.58. The molecule has 4 heterocycles. The molecule has 2 bridgehead atoms. The molecule has 1 spiro atoms. The third-order valence-electron chi connectivity index (χ3n) is 4.60. The molecule has 18 heavy (non-hydrogen) atoms. The molecular formula is C16H23NO. The van der Waals surface area contributed by atoms with E-state index in [1.54, 1.807) is 0 Å². The van der Waals surface area contributed by atoms with Gasteiger partial charge in [0.1, 0.15) is 11.4 Å². The molecule has 4 aliphatic heterocycles. The summed E-state index contributed by atoms with van der Waals surface area (Å²) in [7, 11) is 0. The minimum atomic E-state index is 0.125. The SMILES string of the molecule is CC.c1ccc2c(c1)C[C@@]1(CN3CCC1CC3)O2. The Morgan fingerprint density at radius 2 is 1.89 bits per heavy atom. The molecule has 0 amide bonds. The van der Waals surface area contributed by atoms with Crippen LogP contribution in [0, 0.1) is 5.92 Å². The molecule has 0 aromatic heterocycles. The molecule has 2 nitrogen and oxygen atoms in total. The van der Waals surface area contributed by atoms with E-state index in [2.05, 4.69) is 29.2 Å². The van der Waals surface area contributed by atoms with E-state index < -0.39 is 0 Å². The number of nitrogens with zero attached hydrogens (tertiary/aromatic N) is 1. The zero-order chi connectivity index (χ0) is 12.6. The average Bonchev–Trinajstić information content (AvgIpc) is 2.79. The van der Waals surface area contributed by atoms with E-state index >= 15 is 0 Å². The monoisotopic (exact) mass is 245 g/mol. The normalized spacial score (nSPS) is 35.7. The van der Waals surface area contributed by atoms with Gasteiger partial charge in [0.2, 0.25) is 0 Å². The van der Waals surface area contributed by atoms with Gasteiger partial charge in [-0.05, 0) is 37.6 Å². The Hall–Kier alpha value is -1.02. The van der Waals surface area contributed by atoms with Crippen molar-refractivity contribution in [2.24, 2.45) is 5.92 Å². The summed E-state index contributed by atoms with van der Waals surface area (Å²) >= 11 is 0. The lowest BCUT2D eigenvalue weighted by atomic mass is 9.73. The number of para-hydroxylation sites is 1. The predicted octanol–water partition coefficient (Wildman–Crippen LogP) is 3.11. The molecule has 2 heteroatoms. The van der Waals surface area contributed by atoms with Crippen molar-refractivity contribution < 1.29 is 4.74 Å². The molecule has 3 saturated heterocycles. The molecule has 1 aromatic rings. The molecule has 0 N–H and O–H groups in total. The van der Waals surface area contributed by atoms with Crippen LogP contribution >= 0.6 is 0 Å². The molecule has 1 aromatic carbocycles. The highest BCUT2D eigenvalue weighted by Crippen LogP contribution is 2.46. The quantitative estimate of drug-likeness (QED) is 0.696. The molecule has 1 atom stereocenters. The van der Waals surface area contributed by atoms with Gasteiger partial charge in [-0.1, -0.05) is 32.0 Å². The number of ether oxygens (including phenoxy) is 1. The summed E-state index contributed by atoms with van der Waals surface area (Å²) < 4.78 is 6.33. The molecule has 0 saturated carbocycles. The fourth-order valence-corrected chi connectivity index (χ4v) is 3.77. The summed E-state index contributed by atoms with van der Waals surface area (Å²) in [4.78, 5) is 2.58. The second-order valence-electron chi connectivity index (χ2n) is 5.50. The Balaban J connectivity index is 0.000000478. The van der Waals surface area contributed by atoms with Crippen molar-refractivity contribution in [3.05, 3.63) is 29.8 Å². The summed E-state index contributed by atoms with van der Waals surface area (Å²) in [6, 6.07) is 8.56. The maximum absolute atomic E-state index is 6.33. The Kier molecular flexibility index (Phi) is 3.06. The van der Waals surface area contributed by atoms with Crippen molar-refractivity contribution in [2.45, 2.75) is 38.7 Å². The van der Waals surface area contributed by atoms with Gasteiger partial charge in [-0.15, -0.1) is 0 Å². The summed E-state index contributed by atoms with van der Waals surface area (Å²) in [5.74, 6) is 1.92. The Morgan fingerprint density at radius 1 is 1.17 bits per heavy atom. The summed E-state index contributed by atoms with van der Waals surface area (Å²) in [5, 5.41) is 0. The van der Waals surface area contributed by atoms with E-state index in [9.17, 15) is 0 Å². The van der Waals surface area contributed by atoms with Gasteiger partial charge in [0.15, 0.2) is 0 Å². The third-order valence-corrected chi connectivity index (χ3v) is 4.60. The number of fused-ring (bicyclic) bond motifs is 3. The lowest BCUT2D eigenvalue weighted by Crippen LogP contribution is -2.61. The van der Waals surface area contributed by atoms with Gasteiger partial charge in [-0.3, -0.25) is 4.90 Å². The van der Waals surface area contributed by atoms with Crippen LogP contribution in [0.3, 0.4) is 0 Å². The molecule has 98 valence electrons. The van der Waals surface area contributed by atoms with E-state index in [4.69, 9.17) is 4.74 Å². The van der Waals surface area contributed by atoms with Crippen LogP contribution in [-0.4, -0.2) is 30.1 Å². The zero-order valence-corrected chi connectivity index (χ0v) is 11.5. The molecule has 5 rings (SSSR count). The van der Waals surface area contributed by atoms with Crippen molar-refractivity contribution in [3.8, 4) is 5.75 Å². The van der Waals surface area contributed by atoms with E-state index in [0.29, 0.717) is 0 Å². The number of hydrogen-bond acceptors (Lipinski definition) is 2. The Labute approximate surface area is 110 Å². The highest BCUT2D eigenvalue weighted by atomic mass is 16.5. The number of hydrogen-bond donors (Lipinski definition) is 0. The van der Waals surface area contributed by atoms with Crippen LogP contribution in [0.15, 0.2) is 24.3 Å². The van der Waals surface area contributed by atoms with E-state index in [1.165, 1.54) is 31.5 Å².